The number of nitrogens with zero attached hydrogens (tertiary/aromatic N) is 1. The highest BCUT2D eigenvalue weighted by molar-refractivity contribution is 6.12. The van der Waals surface area contributed by atoms with Crippen molar-refractivity contribution in [1.82, 2.24) is 4.90 Å². The molecule has 0 atom stereocenters. The number of rotatable bonds is 4. The van der Waals surface area contributed by atoms with Gasteiger partial charge in [0.15, 0.2) is 0 Å². The molecule has 0 bridgehead atoms. The van der Waals surface area contributed by atoms with Gasteiger partial charge < -0.3 is 4.74 Å². The van der Waals surface area contributed by atoms with Gasteiger partial charge in [-0.05, 0) is 67.9 Å². The first-order chi connectivity index (χ1) is 15.9. The van der Waals surface area contributed by atoms with Crippen LogP contribution in [0.4, 0.5) is 0 Å². The fraction of sp³-hybridized carbons (Fsp3) is 0.200. The van der Waals surface area contributed by atoms with Crippen LogP contribution in [0, 0.1) is 0 Å². The van der Waals surface area contributed by atoms with Gasteiger partial charge >= 0.3 is 0 Å². The zero-order valence-corrected chi connectivity index (χ0v) is 18.3. The van der Waals surface area contributed by atoms with Crippen LogP contribution in [0.3, 0.4) is 0 Å². The quantitative estimate of drug-likeness (QED) is 0.345. The van der Waals surface area contributed by atoms with Crippen LogP contribution in [0.2, 0.25) is 0 Å². The summed E-state index contributed by atoms with van der Waals surface area (Å²) in [5.74, 6) is 0. The summed E-state index contributed by atoms with van der Waals surface area (Å²) in [6.07, 6.45) is 5.90. The van der Waals surface area contributed by atoms with Gasteiger partial charge in [0.25, 0.3) is 0 Å². The van der Waals surface area contributed by atoms with Crippen LogP contribution < -0.4 is 0 Å². The van der Waals surface area contributed by atoms with E-state index in [2.05, 4.69) is 95.9 Å². The highest BCUT2D eigenvalue weighted by Crippen LogP contribution is 2.40. The molecule has 0 aromatic heterocycles. The average Bonchev–Trinajstić information content (AvgIpc) is 3.21. The monoisotopic (exact) mass is 417 g/mol. The van der Waals surface area contributed by atoms with Crippen LogP contribution in [0.5, 0.6) is 0 Å². The lowest BCUT2D eigenvalue weighted by Gasteiger charge is -2.26. The van der Waals surface area contributed by atoms with Gasteiger partial charge in [-0.15, -0.1) is 0 Å². The van der Waals surface area contributed by atoms with Gasteiger partial charge in [-0.3, -0.25) is 4.90 Å². The Morgan fingerprint density at radius 3 is 2.09 bits per heavy atom. The fourth-order valence-corrected chi connectivity index (χ4v) is 5.15. The molecule has 2 nitrogen and oxygen atoms in total. The summed E-state index contributed by atoms with van der Waals surface area (Å²) in [7, 11) is 0. The number of allylic oxidation sites excluding steroid dienone is 2. The van der Waals surface area contributed by atoms with E-state index in [1.54, 1.807) is 0 Å². The Labute approximate surface area is 189 Å². The van der Waals surface area contributed by atoms with Crippen LogP contribution >= 0.6 is 0 Å². The summed E-state index contributed by atoms with van der Waals surface area (Å²) in [5, 5.41) is 5.21. The van der Waals surface area contributed by atoms with Gasteiger partial charge in [-0.2, -0.15) is 0 Å². The van der Waals surface area contributed by atoms with E-state index in [9.17, 15) is 0 Å². The third-order valence-electron chi connectivity index (χ3n) is 6.83. The van der Waals surface area contributed by atoms with Crippen LogP contribution in [-0.2, 0) is 4.74 Å². The van der Waals surface area contributed by atoms with E-state index in [4.69, 9.17) is 4.74 Å². The first-order valence-corrected chi connectivity index (χ1v) is 11.6. The number of benzene rings is 4. The largest absolute Gasteiger partial charge is 0.379 e. The van der Waals surface area contributed by atoms with E-state index in [1.165, 1.54) is 49.4 Å². The Morgan fingerprint density at radius 2 is 1.38 bits per heavy atom. The van der Waals surface area contributed by atoms with Crippen molar-refractivity contribution < 1.29 is 4.74 Å². The van der Waals surface area contributed by atoms with Gasteiger partial charge in [0.2, 0.25) is 0 Å². The Kier molecular flexibility index (Phi) is 5.10. The van der Waals surface area contributed by atoms with Crippen molar-refractivity contribution in [2.24, 2.45) is 0 Å². The fourth-order valence-electron chi connectivity index (χ4n) is 5.15. The lowest BCUT2D eigenvalue weighted by atomic mass is 9.94. The van der Waals surface area contributed by atoms with Crippen LogP contribution in [0.15, 0.2) is 84.9 Å². The van der Waals surface area contributed by atoms with Crippen LogP contribution in [0.1, 0.15) is 23.1 Å². The van der Waals surface area contributed by atoms with E-state index in [0.717, 1.165) is 39.3 Å². The molecule has 4 aromatic carbocycles. The number of hydrogen-bond donors (Lipinski definition) is 0. The Bertz CT molecular complexity index is 1300. The third kappa shape index (κ3) is 3.56. The van der Waals surface area contributed by atoms with E-state index in [0.29, 0.717) is 0 Å². The Morgan fingerprint density at radius 1 is 0.750 bits per heavy atom. The molecule has 0 N–H and O–H groups in total. The minimum atomic E-state index is 0.856. The van der Waals surface area contributed by atoms with Crippen molar-refractivity contribution in [3.05, 3.63) is 102 Å². The highest BCUT2D eigenvalue weighted by Gasteiger charge is 2.20. The molecule has 2 aliphatic rings. The zero-order valence-electron chi connectivity index (χ0n) is 18.3. The maximum absolute atomic E-state index is 5.52. The van der Waals surface area contributed by atoms with Crippen molar-refractivity contribution in [2.75, 3.05) is 32.8 Å². The van der Waals surface area contributed by atoms with E-state index < -0.39 is 0 Å². The molecule has 32 heavy (non-hydrogen) atoms. The molecule has 0 spiro atoms. The van der Waals surface area contributed by atoms with Crippen molar-refractivity contribution in [1.29, 1.82) is 0 Å². The molecule has 0 saturated carbocycles. The van der Waals surface area contributed by atoms with Crippen molar-refractivity contribution in [3.63, 3.8) is 0 Å². The summed E-state index contributed by atoms with van der Waals surface area (Å²) in [5.41, 5.74) is 6.81. The molecule has 6 rings (SSSR count). The molecule has 4 aromatic rings. The van der Waals surface area contributed by atoms with Gasteiger partial charge in [0.05, 0.1) is 13.2 Å². The van der Waals surface area contributed by atoms with E-state index >= 15 is 0 Å². The SMILES string of the molecule is C(=C1C=C(CCN2CCOCC2)c2ccccc21)c1c2ccccc2cc2ccccc12. The normalized spacial score (nSPS) is 17.8. The van der Waals surface area contributed by atoms with Gasteiger partial charge in [-0.1, -0.05) is 78.9 Å². The summed E-state index contributed by atoms with van der Waals surface area (Å²) in [6.45, 7) is 4.89. The highest BCUT2D eigenvalue weighted by atomic mass is 16.5. The molecule has 0 amide bonds. The number of hydrogen-bond acceptors (Lipinski definition) is 2. The molecular formula is C30H27NO. The Balaban J connectivity index is 1.45. The van der Waals surface area contributed by atoms with E-state index in [-0.39, 0.29) is 0 Å². The summed E-state index contributed by atoms with van der Waals surface area (Å²) in [4.78, 5) is 2.52. The summed E-state index contributed by atoms with van der Waals surface area (Å²) < 4.78 is 5.52. The Hall–Kier alpha value is -3.20. The first-order valence-electron chi connectivity index (χ1n) is 11.6. The molecule has 1 aliphatic carbocycles. The van der Waals surface area contributed by atoms with Crippen molar-refractivity contribution in [2.45, 2.75) is 6.42 Å². The summed E-state index contributed by atoms with van der Waals surface area (Å²) >= 11 is 0. The third-order valence-corrected chi connectivity index (χ3v) is 6.83. The second-order valence-electron chi connectivity index (χ2n) is 8.75. The van der Waals surface area contributed by atoms with Gasteiger partial charge in [0.1, 0.15) is 0 Å². The number of fused-ring (bicyclic) bond motifs is 3. The van der Waals surface area contributed by atoms with Crippen LogP contribution in [0.25, 0.3) is 38.8 Å². The predicted octanol–water partition coefficient (Wildman–Crippen LogP) is 6.65. The minimum Gasteiger partial charge on any atom is -0.379 e. The molecule has 1 aliphatic heterocycles. The predicted molar refractivity (Wildman–Crippen MR) is 136 cm³/mol. The van der Waals surface area contributed by atoms with Gasteiger partial charge in [0, 0.05) is 19.6 Å². The lowest BCUT2D eigenvalue weighted by molar-refractivity contribution is 0.0390. The second kappa shape index (κ2) is 8.38. The molecule has 1 heterocycles. The first kappa shape index (κ1) is 19.5. The van der Waals surface area contributed by atoms with Gasteiger partial charge in [-0.25, -0.2) is 0 Å². The molecule has 1 fully saturated rings. The zero-order chi connectivity index (χ0) is 21.3. The number of morpholine rings is 1. The molecule has 2 heteroatoms. The topological polar surface area (TPSA) is 12.5 Å². The second-order valence-corrected chi connectivity index (χ2v) is 8.75. The molecule has 1 saturated heterocycles. The smallest absolute Gasteiger partial charge is 0.0594 e. The molecule has 0 radical (unpaired) electrons. The van der Waals surface area contributed by atoms with Crippen LogP contribution in [-0.4, -0.2) is 37.7 Å². The standard InChI is InChI=1S/C30H27NO/c1-3-10-27-22(7-1)19-23-8-2-4-11-28(23)30(27)21-25-20-24(26-9-5-6-12-29(25)26)13-14-31-15-17-32-18-16-31/h1-12,19-21H,13-18H2. The molecule has 158 valence electrons. The van der Waals surface area contributed by atoms with Crippen molar-refractivity contribution >= 4 is 38.8 Å². The molecule has 0 unspecified atom stereocenters. The number of ether oxygens (including phenoxy) is 1. The lowest BCUT2D eigenvalue weighted by Crippen LogP contribution is -2.36. The minimum absolute atomic E-state index is 0.856. The maximum Gasteiger partial charge on any atom is 0.0594 e. The van der Waals surface area contributed by atoms with E-state index in [1.807, 2.05) is 0 Å². The van der Waals surface area contributed by atoms with Crippen molar-refractivity contribution in [3.8, 4) is 0 Å². The summed E-state index contributed by atoms with van der Waals surface area (Å²) in [6, 6.07) is 28.7. The average molecular weight is 418 g/mol. The molecular weight excluding hydrogens is 390 g/mol. The maximum atomic E-state index is 5.52.